The summed E-state index contributed by atoms with van der Waals surface area (Å²) in [7, 11) is 0. The molecule has 0 bridgehead atoms. The second kappa shape index (κ2) is 8.00. The highest BCUT2D eigenvalue weighted by Gasteiger charge is 2.16. The van der Waals surface area contributed by atoms with Crippen molar-refractivity contribution in [3.8, 4) is 0 Å². The van der Waals surface area contributed by atoms with Crippen molar-refractivity contribution in [1.29, 1.82) is 0 Å². The van der Waals surface area contributed by atoms with Crippen LogP contribution in [0.1, 0.15) is 37.4 Å². The first-order chi connectivity index (χ1) is 10.6. The van der Waals surface area contributed by atoms with Gasteiger partial charge in [0, 0.05) is 5.02 Å². The van der Waals surface area contributed by atoms with Crippen LogP contribution in [0.15, 0.2) is 54.6 Å². The summed E-state index contributed by atoms with van der Waals surface area (Å²) in [6, 6.07) is 17.6. The number of carbonyl (C=O) groups excluding carboxylic acids is 1. The Morgan fingerprint density at radius 1 is 1.05 bits per heavy atom. The predicted molar refractivity (Wildman–Crippen MR) is 91.9 cm³/mol. The van der Waals surface area contributed by atoms with Crippen LogP contribution in [0, 0.1) is 5.92 Å². The number of benzene rings is 2. The van der Waals surface area contributed by atoms with Gasteiger partial charge >= 0.3 is 0 Å². The van der Waals surface area contributed by atoms with Crippen LogP contribution in [0.25, 0.3) is 0 Å². The summed E-state index contributed by atoms with van der Waals surface area (Å²) in [6.07, 6.45) is 1.22. The van der Waals surface area contributed by atoms with Gasteiger partial charge in [-0.2, -0.15) is 0 Å². The molecule has 0 aliphatic carbocycles. The summed E-state index contributed by atoms with van der Waals surface area (Å²) >= 11 is 6.13. The van der Waals surface area contributed by atoms with Crippen molar-refractivity contribution in [3.63, 3.8) is 0 Å². The van der Waals surface area contributed by atoms with E-state index in [0.717, 1.165) is 17.5 Å². The van der Waals surface area contributed by atoms with Crippen molar-refractivity contribution >= 4 is 17.5 Å². The number of halogens is 1. The minimum absolute atomic E-state index is 0.00241. The Balaban J connectivity index is 2.07. The molecule has 22 heavy (non-hydrogen) atoms. The second-order valence-corrected chi connectivity index (χ2v) is 6.34. The minimum atomic E-state index is 0.00241. The molecule has 2 aromatic rings. The second-order valence-electron chi connectivity index (χ2n) is 5.93. The molecule has 0 radical (unpaired) electrons. The maximum atomic E-state index is 12.4. The molecule has 0 aliphatic heterocycles. The highest BCUT2D eigenvalue weighted by atomic mass is 35.5. The third-order valence-corrected chi connectivity index (χ3v) is 3.92. The molecule has 2 rings (SSSR count). The van der Waals surface area contributed by atoms with Gasteiger partial charge in [0.1, 0.15) is 0 Å². The molecular weight excluding hydrogens is 294 g/mol. The van der Waals surface area contributed by atoms with Gasteiger partial charge in [0.05, 0.1) is 12.5 Å². The van der Waals surface area contributed by atoms with Crippen LogP contribution in [0.5, 0.6) is 0 Å². The van der Waals surface area contributed by atoms with E-state index >= 15 is 0 Å². The maximum Gasteiger partial charge on any atom is 0.224 e. The van der Waals surface area contributed by atoms with Crippen LogP contribution in [0.4, 0.5) is 0 Å². The van der Waals surface area contributed by atoms with Crippen LogP contribution >= 0.6 is 11.6 Å². The molecule has 0 aromatic heterocycles. The van der Waals surface area contributed by atoms with Crippen molar-refractivity contribution in [2.75, 3.05) is 0 Å². The average Bonchev–Trinajstić information content (AvgIpc) is 2.49. The fourth-order valence-corrected chi connectivity index (χ4v) is 2.70. The largest absolute Gasteiger partial charge is 0.349 e. The fraction of sp³-hybridized carbons (Fsp3) is 0.316. The lowest BCUT2D eigenvalue weighted by atomic mass is 9.96. The van der Waals surface area contributed by atoms with Crippen molar-refractivity contribution in [2.24, 2.45) is 5.92 Å². The highest BCUT2D eigenvalue weighted by Crippen LogP contribution is 2.22. The summed E-state index contributed by atoms with van der Waals surface area (Å²) in [5.41, 5.74) is 2.00. The summed E-state index contributed by atoms with van der Waals surface area (Å²) in [4.78, 5) is 12.4. The Kier molecular flexibility index (Phi) is 6.02. The molecule has 3 heteroatoms. The zero-order chi connectivity index (χ0) is 15.9. The first-order valence-corrected chi connectivity index (χ1v) is 8.01. The van der Waals surface area contributed by atoms with Gasteiger partial charge in [-0.05, 0) is 29.5 Å². The van der Waals surface area contributed by atoms with Gasteiger partial charge in [-0.25, -0.2) is 0 Å². The SMILES string of the molecule is CC(C)C[C@@H](NC(=O)Cc1ccccc1Cl)c1ccccc1. The van der Waals surface area contributed by atoms with Crippen molar-refractivity contribution in [3.05, 3.63) is 70.7 Å². The van der Waals surface area contributed by atoms with Crippen molar-refractivity contribution in [1.82, 2.24) is 5.32 Å². The van der Waals surface area contributed by atoms with E-state index in [4.69, 9.17) is 11.6 Å². The summed E-state index contributed by atoms with van der Waals surface area (Å²) in [5, 5.41) is 3.78. The monoisotopic (exact) mass is 315 g/mol. The Morgan fingerprint density at radius 2 is 1.68 bits per heavy atom. The van der Waals surface area contributed by atoms with Gasteiger partial charge in [0.15, 0.2) is 0 Å². The normalized spacial score (nSPS) is 12.2. The molecule has 1 atom stereocenters. The molecule has 2 nitrogen and oxygen atoms in total. The van der Waals surface area contributed by atoms with Crippen LogP contribution in [-0.4, -0.2) is 5.91 Å². The number of hydrogen-bond acceptors (Lipinski definition) is 1. The molecule has 0 unspecified atom stereocenters. The topological polar surface area (TPSA) is 29.1 Å². The minimum Gasteiger partial charge on any atom is -0.349 e. The standard InChI is InChI=1S/C19H22ClNO/c1-14(2)12-18(15-8-4-3-5-9-15)21-19(22)13-16-10-6-7-11-17(16)20/h3-11,14,18H,12-13H2,1-2H3,(H,21,22)/t18-/m1/s1. The summed E-state index contributed by atoms with van der Waals surface area (Å²) < 4.78 is 0. The summed E-state index contributed by atoms with van der Waals surface area (Å²) in [5.74, 6) is 0.508. The Morgan fingerprint density at radius 3 is 2.32 bits per heavy atom. The van der Waals surface area contributed by atoms with Gasteiger partial charge in [0.25, 0.3) is 0 Å². The van der Waals surface area contributed by atoms with Gasteiger partial charge in [-0.15, -0.1) is 0 Å². The number of hydrogen-bond donors (Lipinski definition) is 1. The lowest BCUT2D eigenvalue weighted by Crippen LogP contribution is -2.30. The number of nitrogens with one attached hydrogen (secondary N) is 1. The van der Waals surface area contributed by atoms with E-state index in [-0.39, 0.29) is 11.9 Å². The number of carbonyl (C=O) groups is 1. The van der Waals surface area contributed by atoms with Gasteiger partial charge in [-0.1, -0.05) is 74.0 Å². The molecule has 0 spiro atoms. The predicted octanol–water partition coefficient (Wildman–Crippen LogP) is 4.79. The first kappa shape index (κ1) is 16.6. The molecule has 0 saturated carbocycles. The smallest absolute Gasteiger partial charge is 0.224 e. The lowest BCUT2D eigenvalue weighted by Gasteiger charge is -2.21. The number of amides is 1. The van der Waals surface area contributed by atoms with Crippen LogP contribution < -0.4 is 5.32 Å². The Hall–Kier alpha value is -1.80. The molecule has 0 saturated heterocycles. The van der Waals surface area contributed by atoms with Crippen molar-refractivity contribution in [2.45, 2.75) is 32.7 Å². The highest BCUT2D eigenvalue weighted by molar-refractivity contribution is 6.31. The van der Waals surface area contributed by atoms with Gasteiger partial charge in [0.2, 0.25) is 5.91 Å². The van der Waals surface area contributed by atoms with Gasteiger partial charge in [-0.3, -0.25) is 4.79 Å². The molecule has 116 valence electrons. The molecule has 0 heterocycles. The molecule has 0 aliphatic rings. The molecule has 2 aromatic carbocycles. The lowest BCUT2D eigenvalue weighted by molar-refractivity contribution is -0.121. The number of rotatable bonds is 6. The first-order valence-electron chi connectivity index (χ1n) is 7.64. The maximum absolute atomic E-state index is 12.4. The van der Waals surface area contributed by atoms with E-state index in [2.05, 4.69) is 31.3 Å². The zero-order valence-electron chi connectivity index (χ0n) is 13.1. The fourth-order valence-electron chi connectivity index (χ4n) is 2.50. The average molecular weight is 316 g/mol. The molecular formula is C19H22ClNO. The van der Waals surface area contributed by atoms with Crippen molar-refractivity contribution < 1.29 is 4.79 Å². The van der Waals surface area contributed by atoms with Crippen LogP contribution in [0.3, 0.4) is 0 Å². The van der Waals surface area contributed by atoms with E-state index in [0.29, 0.717) is 17.4 Å². The third kappa shape index (κ3) is 4.88. The zero-order valence-corrected chi connectivity index (χ0v) is 13.8. The molecule has 0 fully saturated rings. The van der Waals surface area contributed by atoms with Gasteiger partial charge < -0.3 is 5.32 Å². The molecule has 1 amide bonds. The van der Waals surface area contributed by atoms with E-state index in [1.165, 1.54) is 0 Å². The molecule has 1 N–H and O–H groups in total. The van der Waals surface area contributed by atoms with Crippen LogP contribution in [-0.2, 0) is 11.2 Å². The Labute approximate surface area is 137 Å². The van der Waals surface area contributed by atoms with E-state index in [1.54, 1.807) is 0 Å². The van der Waals surface area contributed by atoms with E-state index in [1.807, 2.05) is 42.5 Å². The van der Waals surface area contributed by atoms with E-state index in [9.17, 15) is 4.79 Å². The Bertz CT molecular complexity index is 610. The van der Waals surface area contributed by atoms with E-state index < -0.39 is 0 Å². The van der Waals surface area contributed by atoms with Crippen LogP contribution in [0.2, 0.25) is 5.02 Å². The summed E-state index contributed by atoms with van der Waals surface area (Å²) in [6.45, 7) is 4.33. The third-order valence-electron chi connectivity index (χ3n) is 3.55. The quantitative estimate of drug-likeness (QED) is 0.816.